The van der Waals surface area contributed by atoms with Gasteiger partial charge >= 0.3 is 0 Å². The molecule has 1 atom stereocenters. The lowest BCUT2D eigenvalue weighted by molar-refractivity contribution is -0.387. The summed E-state index contributed by atoms with van der Waals surface area (Å²) < 4.78 is 11.2. The zero-order valence-corrected chi connectivity index (χ0v) is 8.05. The molecule has 70 valence electrons. The van der Waals surface area contributed by atoms with E-state index in [0.29, 0.717) is 0 Å². The van der Waals surface area contributed by atoms with Crippen LogP contribution in [0.2, 0.25) is 0 Å². The molecule has 0 fully saturated rings. The molecular weight excluding hydrogens is 214 g/mol. The molecule has 0 radical (unpaired) electrons. The van der Waals surface area contributed by atoms with Crippen LogP contribution in [0.5, 0.6) is 0 Å². The van der Waals surface area contributed by atoms with Gasteiger partial charge in [-0.2, -0.15) is 0 Å². The van der Waals surface area contributed by atoms with E-state index in [1.807, 2.05) is 0 Å². The minimum absolute atomic E-state index is 0.134. The van der Waals surface area contributed by atoms with Crippen LogP contribution in [0.1, 0.15) is 0 Å². The van der Waals surface area contributed by atoms with Gasteiger partial charge in [0.1, 0.15) is 10.1 Å². The average molecular weight is 220 g/mol. The summed E-state index contributed by atoms with van der Waals surface area (Å²) in [6.07, 6.45) is 0. The van der Waals surface area contributed by atoms with Gasteiger partial charge in [-0.25, -0.2) is 0 Å². The van der Waals surface area contributed by atoms with Crippen LogP contribution in [0.3, 0.4) is 0 Å². The quantitative estimate of drug-likeness (QED) is 0.443. The van der Waals surface area contributed by atoms with Crippen molar-refractivity contribution in [2.24, 2.45) is 0 Å². The number of hydrogen-bond donors (Lipinski definition) is 0. The van der Waals surface area contributed by atoms with Crippen molar-refractivity contribution in [1.29, 1.82) is 0 Å². The Bertz CT molecular complexity index is 355. The third kappa shape index (κ3) is 2.26. The van der Waals surface area contributed by atoms with Crippen LogP contribution < -0.4 is 0 Å². The van der Waals surface area contributed by atoms with Gasteiger partial charge in [0, 0.05) is 6.07 Å². The van der Waals surface area contributed by atoms with E-state index >= 15 is 0 Å². The molecule has 0 aromatic heterocycles. The molecule has 0 aliphatic carbocycles. The summed E-state index contributed by atoms with van der Waals surface area (Å²) in [6, 6.07) is 5.86. The Morgan fingerprint density at radius 1 is 1.46 bits per heavy atom. The predicted octanol–water partition coefficient (Wildman–Crippen LogP) is 1.90. The monoisotopic (exact) mass is 219 g/mol. The summed E-state index contributed by atoms with van der Waals surface area (Å²) in [4.78, 5) is 10.1. The summed E-state index contributed by atoms with van der Waals surface area (Å²) in [5.41, 5.74) is -0.151. The molecule has 1 rings (SSSR count). The molecule has 0 N–H and O–H groups in total. The maximum atomic E-state index is 11.2. The first-order valence-electron chi connectivity index (χ1n) is 3.34. The van der Waals surface area contributed by atoms with Gasteiger partial charge in [0.25, 0.3) is 5.69 Å². The fourth-order valence-corrected chi connectivity index (χ4v) is 1.94. The van der Waals surface area contributed by atoms with Gasteiger partial charge in [-0.05, 0) is 6.07 Å². The molecule has 0 aliphatic rings. The topological polar surface area (TPSA) is 60.2 Å². The molecule has 4 nitrogen and oxygen atoms in total. The number of rotatable bonds is 3. The van der Waals surface area contributed by atoms with E-state index in [-0.39, 0.29) is 15.8 Å². The van der Waals surface area contributed by atoms with Crippen molar-refractivity contribution in [3.05, 3.63) is 34.4 Å². The molecule has 0 spiro atoms. The highest BCUT2D eigenvalue weighted by molar-refractivity contribution is 7.86. The molecule has 0 aliphatic heterocycles. The lowest BCUT2D eigenvalue weighted by Gasteiger charge is -1.98. The van der Waals surface area contributed by atoms with E-state index in [0.717, 1.165) is 0 Å². The van der Waals surface area contributed by atoms with E-state index in [2.05, 4.69) is 0 Å². The van der Waals surface area contributed by atoms with Crippen molar-refractivity contribution >= 4 is 28.1 Å². The number of para-hydroxylation sites is 1. The predicted molar refractivity (Wildman–Crippen MR) is 50.2 cm³/mol. The van der Waals surface area contributed by atoms with Crippen LogP contribution in [-0.4, -0.2) is 14.3 Å². The van der Waals surface area contributed by atoms with Crippen LogP contribution in [0.4, 0.5) is 5.69 Å². The van der Waals surface area contributed by atoms with Crippen molar-refractivity contribution < 1.29 is 9.13 Å². The second-order valence-electron chi connectivity index (χ2n) is 2.18. The summed E-state index contributed by atoms with van der Waals surface area (Å²) in [7, 11) is -1.50. The lowest BCUT2D eigenvalue weighted by Crippen LogP contribution is -1.98. The first kappa shape index (κ1) is 10.1. The minimum Gasteiger partial charge on any atom is -0.258 e. The minimum atomic E-state index is -1.50. The van der Waals surface area contributed by atoms with Gasteiger partial charge in [0.15, 0.2) is 0 Å². The number of halogens is 1. The molecule has 0 heterocycles. The molecular formula is C7H6ClNO3S. The van der Waals surface area contributed by atoms with Crippen LogP contribution in [0.25, 0.3) is 0 Å². The number of hydrogen-bond acceptors (Lipinski definition) is 3. The lowest BCUT2D eigenvalue weighted by atomic mass is 10.3. The number of benzene rings is 1. The third-order valence-corrected chi connectivity index (χ3v) is 3.03. The SMILES string of the molecule is O=[N+]([O-])c1ccccc1[S@@](=O)CCl. The average Bonchev–Trinajstić information content (AvgIpc) is 2.16. The van der Waals surface area contributed by atoms with Crippen LogP contribution in [0.15, 0.2) is 29.2 Å². The fourth-order valence-electron chi connectivity index (χ4n) is 0.859. The fraction of sp³-hybridized carbons (Fsp3) is 0.143. The summed E-state index contributed by atoms with van der Waals surface area (Å²) >= 11 is 5.34. The molecule has 13 heavy (non-hydrogen) atoms. The largest absolute Gasteiger partial charge is 0.285 e. The molecule has 0 unspecified atom stereocenters. The van der Waals surface area contributed by atoms with E-state index in [4.69, 9.17) is 11.6 Å². The molecule has 1 aromatic carbocycles. The zero-order chi connectivity index (χ0) is 9.84. The van der Waals surface area contributed by atoms with E-state index in [1.165, 1.54) is 18.2 Å². The third-order valence-electron chi connectivity index (χ3n) is 1.41. The van der Waals surface area contributed by atoms with Gasteiger partial charge in [0.2, 0.25) is 0 Å². The van der Waals surface area contributed by atoms with Crippen molar-refractivity contribution in [2.45, 2.75) is 4.90 Å². The summed E-state index contributed by atoms with van der Waals surface area (Å²) in [5.74, 6) is 0. The van der Waals surface area contributed by atoms with E-state index < -0.39 is 15.7 Å². The maximum Gasteiger partial charge on any atom is 0.285 e. The Morgan fingerprint density at radius 2 is 2.08 bits per heavy atom. The van der Waals surface area contributed by atoms with Gasteiger partial charge in [-0.15, -0.1) is 11.6 Å². The Balaban J connectivity index is 3.19. The van der Waals surface area contributed by atoms with Crippen LogP contribution >= 0.6 is 11.6 Å². The Morgan fingerprint density at radius 3 is 2.62 bits per heavy atom. The highest BCUT2D eigenvalue weighted by Crippen LogP contribution is 2.21. The highest BCUT2D eigenvalue weighted by Gasteiger charge is 2.16. The molecule has 0 saturated carbocycles. The van der Waals surface area contributed by atoms with Crippen LogP contribution in [-0.2, 0) is 10.8 Å². The summed E-state index contributed by atoms with van der Waals surface area (Å²) in [5, 5.41) is 10.3. The Kier molecular flexibility index (Phi) is 3.39. The zero-order valence-electron chi connectivity index (χ0n) is 6.47. The molecule has 0 amide bonds. The summed E-state index contributed by atoms with van der Waals surface area (Å²) in [6.45, 7) is 0. The van der Waals surface area contributed by atoms with Crippen molar-refractivity contribution in [1.82, 2.24) is 0 Å². The molecule has 0 saturated heterocycles. The Labute approximate surface area is 82.1 Å². The van der Waals surface area contributed by atoms with E-state index in [1.54, 1.807) is 6.07 Å². The standard InChI is InChI=1S/C7H6ClNO3S/c8-5-13(12)7-4-2-1-3-6(7)9(10)11/h1-4H,5H2/t13-/m0/s1. The smallest absolute Gasteiger partial charge is 0.258 e. The van der Waals surface area contributed by atoms with Crippen LogP contribution in [0, 0.1) is 10.1 Å². The first-order chi connectivity index (χ1) is 6.16. The maximum absolute atomic E-state index is 11.2. The van der Waals surface area contributed by atoms with Crippen molar-refractivity contribution in [3.63, 3.8) is 0 Å². The van der Waals surface area contributed by atoms with E-state index in [9.17, 15) is 14.3 Å². The number of nitro groups is 1. The number of nitrogens with zero attached hydrogens (tertiary/aromatic N) is 1. The Hall–Kier alpha value is -0.940. The normalized spacial score (nSPS) is 12.4. The number of alkyl halides is 1. The van der Waals surface area contributed by atoms with Gasteiger partial charge in [-0.1, -0.05) is 12.1 Å². The molecule has 0 bridgehead atoms. The first-order valence-corrected chi connectivity index (χ1v) is 5.20. The van der Waals surface area contributed by atoms with Crippen molar-refractivity contribution in [2.75, 3.05) is 5.21 Å². The second kappa shape index (κ2) is 4.34. The number of nitro benzene ring substituents is 1. The van der Waals surface area contributed by atoms with Gasteiger partial charge in [-0.3, -0.25) is 14.3 Å². The highest BCUT2D eigenvalue weighted by atomic mass is 35.5. The second-order valence-corrected chi connectivity index (χ2v) is 4.18. The molecule has 6 heteroatoms. The van der Waals surface area contributed by atoms with Crippen molar-refractivity contribution in [3.8, 4) is 0 Å². The molecule has 1 aromatic rings. The van der Waals surface area contributed by atoms with Gasteiger partial charge in [0.05, 0.1) is 15.7 Å². The van der Waals surface area contributed by atoms with Gasteiger partial charge < -0.3 is 0 Å².